The summed E-state index contributed by atoms with van der Waals surface area (Å²) in [6.07, 6.45) is 7.54. The Morgan fingerprint density at radius 1 is 1.21 bits per heavy atom. The number of ether oxygens (including phenoxy) is 1. The van der Waals surface area contributed by atoms with E-state index in [1.165, 1.54) is 4.26 Å². The standard InChI is InChI=1S/C17H17FN4OSe/c1-22(2)17-19-10-12(11-20-17)3-6-16-21-14-9-13(23-8-7-18)4-5-15(14)24-16/h3-6,9-11H,7-8H2,1-2H3/b6-3+. The van der Waals surface area contributed by atoms with E-state index in [-0.39, 0.29) is 21.1 Å². The molecule has 0 atom stereocenters. The minimum atomic E-state index is -0.493. The fraction of sp³-hybridized carbons (Fsp3) is 0.235. The Bertz CT molecular complexity index is 845. The average Bonchev–Trinajstić information content (AvgIpc) is 3.00. The Morgan fingerprint density at radius 2 is 2.00 bits per heavy atom. The first-order valence-corrected chi connectivity index (χ1v) is 9.14. The molecule has 7 heteroatoms. The van der Waals surface area contributed by atoms with Gasteiger partial charge in [0, 0.05) is 0 Å². The van der Waals surface area contributed by atoms with Gasteiger partial charge in [-0.2, -0.15) is 0 Å². The van der Waals surface area contributed by atoms with Crippen molar-refractivity contribution in [2.45, 2.75) is 0 Å². The average molecular weight is 391 g/mol. The van der Waals surface area contributed by atoms with E-state index >= 15 is 0 Å². The van der Waals surface area contributed by atoms with Crippen LogP contribution in [-0.2, 0) is 0 Å². The molecule has 0 saturated carbocycles. The number of alkyl halides is 1. The van der Waals surface area contributed by atoms with Gasteiger partial charge in [0.2, 0.25) is 0 Å². The number of benzene rings is 1. The van der Waals surface area contributed by atoms with Crippen LogP contribution in [0.15, 0.2) is 30.6 Å². The molecule has 1 aromatic carbocycles. The molecule has 3 aromatic rings. The summed E-state index contributed by atoms with van der Waals surface area (Å²) in [5, 5.41) is 0. The van der Waals surface area contributed by atoms with Crippen LogP contribution in [0, 0.1) is 0 Å². The van der Waals surface area contributed by atoms with Crippen LogP contribution >= 0.6 is 0 Å². The van der Waals surface area contributed by atoms with Crippen LogP contribution in [0.2, 0.25) is 0 Å². The first-order valence-electron chi connectivity index (χ1n) is 7.42. The molecule has 0 bridgehead atoms. The molecule has 0 saturated heterocycles. The van der Waals surface area contributed by atoms with Crippen molar-refractivity contribution in [3.8, 4) is 5.75 Å². The van der Waals surface area contributed by atoms with E-state index in [4.69, 9.17) is 4.74 Å². The van der Waals surface area contributed by atoms with Crippen molar-refractivity contribution in [3.05, 3.63) is 40.7 Å². The molecule has 5 nitrogen and oxygen atoms in total. The number of rotatable bonds is 6. The van der Waals surface area contributed by atoms with E-state index in [1.807, 2.05) is 49.3 Å². The van der Waals surface area contributed by atoms with Gasteiger partial charge in [0.15, 0.2) is 0 Å². The number of fused-ring (bicyclic) bond motifs is 1. The molecule has 124 valence electrons. The maximum atomic E-state index is 12.2. The summed E-state index contributed by atoms with van der Waals surface area (Å²) in [6, 6.07) is 5.73. The second-order valence-corrected chi connectivity index (χ2v) is 7.49. The van der Waals surface area contributed by atoms with Gasteiger partial charge in [0.1, 0.15) is 0 Å². The van der Waals surface area contributed by atoms with Crippen LogP contribution in [0.5, 0.6) is 5.75 Å². The van der Waals surface area contributed by atoms with Crippen LogP contribution in [0.1, 0.15) is 10.1 Å². The van der Waals surface area contributed by atoms with Crippen LogP contribution in [-0.4, -0.2) is 56.8 Å². The van der Waals surface area contributed by atoms with Crippen LogP contribution in [0.4, 0.5) is 10.3 Å². The predicted molar refractivity (Wildman–Crippen MR) is 95.4 cm³/mol. The molecule has 2 heterocycles. The van der Waals surface area contributed by atoms with Gasteiger partial charge < -0.3 is 0 Å². The normalized spacial score (nSPS) is 11.3. The Morgan fingerprint density at radius 3 is 2.71 bits per heavy atom. The summed E-state index contributed by atoms with van der Waals surface area (Å²) in [4.78, 5) is 15.0. The third-order valence-electron chi connectivity index (χ3n) is 3.20. The van der Waals surface area contributed by atoms with Crippen LogP contribution < -0.4 is 9.64 Å². The summed E-state index contributed by atoms with van der Waals surface area (Å²) in [6.45, 7) is -0.420. The Hall–Kier alpha value is -2.24. The molecular formula is C17H17FN4OSe. The minimum absolute atomic E-state index is 0.0728. The molecule has 24 heavy (non-hydrogen) atoms. The van der Waals surface area contributed by atoms with E-state index in [0.29, 0.717) is 11.7 Å². The monoisotopic (exact) mass is 392 g/mol. The van der Waals surface area contributed by atoms with E-state index in [1.54, 1.807) is 12.4 Å². The van der Waals surface area contributed by atoms with Crippen molar-refractivity contribution in [3.63, 3.8) is 0 Å². The second kappa shape index (κ2) is 7.55. The molecular weight excluding hydrogens is 374 g/mol. The van der Waals surface area contributed by atoms with Gasteiger partial charge in [-0.25, -0.2) is 0 Å². The first-order chi connectivity index (χ1) is 11.7. The van der Waals surface area contributed by atoms with Crippen molar-refractivity contribution in [1.29, 1.82) is 0 Å². The molecule has 0 radical (unpaired) electrons. The third kappa shape index (κ3) is 3.99. The Balaban J connectivity index is 1.76. The predicted octanol–water partition coefficient (Wildman–Crippen LogP) is 2.67. The summed E-state index contributed by atoms with van der Waals surface area (Å²) >= 11 is 0.162. The van der Waals surface area contributed by atoms with Crippen molar-refractivity contribution in [2.24, 2.45) is 0 Å². The quantitative estimate of drug-likeness (QED) is 0.605. The summed E-state index contributed by atoms with van der Waals surface area (Å²) in [5.41, 5.74) is 1.84. The van der Waals surface area contributed by atoms with Crippen LogP contribution in [0.3, 0.4) is 0 Å². The molecule has 0 amide bonds. The van der Waals surface area contributed by atoms with E-state index in [0.717, 1.165) is 15.6 Å². The van der Waals surface area contributed by atoms with E-state index < -0.39 is 6.67 Å². The SMILES string of the molecule is CN(C)c1ncc(/C=C/c2nc3cc(OCCF)ccc3[se]2)cn1. The van der Waals surface area contributed by atoms with Gasteiger partial charge in [-0.3, -0.25) is 0 Å². The van der Waals surface area contributed by atoms with Gasteiger partial charge in [-0.1, -0.05) is 0 Å². The molecule has 3 rings (SSSR count). The van der Waals surface area contributed by atoms with Gasteiger partial charge in [-0.05, 0) is 0 Å². The second-order valence-electron chi connectivity index (χ2n) is 5.26. The summed E-state index contributed by atoms with van der Waals surface area (Å²) < 4.78 is 19.7. The Kier molecular flexibility index (Phi) is 5.23. The molecule has 0 aliphatic heterocycles. The zero-order valence-electron chi connectivity index (χ0n) is 13.4. The van der Waals surface area contributed by atoms with Crippen molar-refractivity contribution in [2.75, 3.05) is 32.3 Å². The first kappa shape index (κ1) is 16.6. The molecule has 0 N–H and O–H groups in total. The molecule has 0 aliphatic rings. The number of aromatic nitrogens is 3. The zero-order chi connectivity index (χ0) is 16.9. The van der Waals surface area contributed by atoms with E-state index in [2.05, 4.69) is 15.0 Å². The zero-order valence-corrected chi connectivity index (χ0v) is 15.2. The molecule has 0 unspecified atom stereocenters. The number of hydrogen-bond donors (Lipinski definition) is 0. The molecule has 0 fully saturated rings. The fourth-order valence-electron chi connectivity index (χ4n) is 2.06. The van der Waals surface area contributed by atoms with E-state index in [9.17, 15) is 4.39 Å². The number of nitrogens with zero attached hydrogens (tertiary/aromatic N) is 4. The summed E-state index contributed by atoms with van der Waals surface area (Å²) in [7, 11) is 3.81. The van der Waals surface area contributed by atoms with Gasteiger partial charge in [0.05, 0.1) is 0 Å². The summed E-state index contributed by atoms with van der Waals surface area (Å²) in [5.74, 6) is 1.34. The van der Waals surface area contributed by atoms with Gasteiger partial charge >= 0.3 is 145 Å². The van der Waals surface area contributed by atoms with Crippen molar-refractivity contribution >= 4 is 42.4 Å². The van der Waals surface area contributed by atoms with Gasteiger partial charge in [0.25, 0.3) is 0 Å². The fourth-order valence-corrected chi connectivity index (χ4v) is 3.84. The van der Waals surface area contributed by atoms with Crippen molar-refractivity contribution < 1.29 is 9.13 Å². The number of hydrogen-bond acceptors (Lipinski definition) is 5. The molecule has 2 aromatic heterocycles. The third-order valence-corrected chi connectivity index (χ3v) is 5.30. The van der Waals surface area contributed by atoms with Gasteiger partial charge in [-0.15, -0.1) is 0 Å². The molecule has 0 spiro atoms. The number of anilines is 1. The number of halogens is 1. The maximum absolute atomic E-state index is 12.2. The Labute approximate surface area is 145 Å². The topological polar surface area (TPSA) is 51.1 Å². The van der Waals surface area contributed by atoms with Crippen molar-refractivity contribution in [1.82, 2.24) is 15.0 Å². The molecule has 0 aliphatic carbocycles. The van der Waals surface area contributed by atoms with Crippen LogP contribution in [0.25, 0.3) is 21.9 Å².